The Morgan fingerprint density at radius 2 is 1.08 bits per heavy atom. The van der Waals surface area contributed by atoms with Gasteiger partial charge in [0.2, 0.25) is 10.0 Å². The second kappa shape index (κ2) is 22.8. The van der Waals surface area contributed by atoms with Crippen LogP contribution in [-0.4, -0.2) is 90.5 Å². The molecule has 0 radical (unpaired) electrons. The molecular weight excluding hydrogens is 791 g/mol. The fraction of sp³-hybridized carbons (Fsp3) is 0.609. The maximum Gasteiger partial charge on any atom is 0.240 e. The molecule has 10 unspecified atom stereocenters. The van der Waals surface area contributed by atoms with Crippen LogP contribution in [0.4, 0.5) is 0 Å². The molecule has 13 nitrogen and oxygen atoms in total. The van der Waals surface area contributed by atoms with Crippen molar-refractivity contribution >= 4 is 10.0 Å². The van der Waals surface area contributed by atoms with Crippen LogP contribution in [0, 0.1) is 0 Å². The van der Waals surface area contributed by atoms with E-state index in [1.165, 1.54) is 12.1 Å². The number of sulfonamides is 1. The Morgan fingerprint density at radius 1 is 0.617 bits per heavy atom. The molecule has 5 N–H and O–H groups in total. The van der Waals surface area contributed by atoms with E-state index in [2.05, 4.69) is 11.6 Å². The van der Waals surface area contributed by atoms with Gasteiger partial charge >= 0.3 is 0 Å². The maximum absolute atomic E-state index is 12.9. The largest absolute Gasteiger partial charge is 0.507 e. The third-order valence-electron chi connectivity index (χ3n) is 11.7. The van der Waals surface area contributed by atoms with Gasteiger partial charge in [0.15, 0.2) is 18.9 Å². The number of hydrogen-bond acceptors (Lipinski definition) is 12. The van der Waals surface area contributed by atoms with Crippen LogP contribution >= 0.6 is 0 Å². The van der Waals surface area contributed by atoms with Gasteiger partial charge in [-0.05, 0) is 102 Å². The Labute approximate surface area is 355 Å². The van der Waals surface area contributed by atoms with Crippen molar-refractivity contribution in [1.29, 1.82) is 0 Å². The molecule has 332 valence electrons. The van der Waals surface area contributed by atoms with Gasteiger partial charge in [0.05, 0.1) is 60.3 Å². The first-order valence-corrected chi connectivity index (χ1v) is 23.3. The summed E-state index contributed by atoms with van der Waals surface area (Å²) in [5, 5.41) is 42.3. The number of aromatic hydroxyl groups is 2. The number of hydrogen-bond donors (Lipinski definition) is 5. The lowest BCUT2D eigenvalue weighted by Crippen LogP contribution is -2.44. The number of nitrogens with one attached hydrogen (secondary N) is 1. The van der Waals surface area contributed by atoms with E-state index in [-0.39, 0.29) is 59.6 Å². The van der Waals surface area contributed by atoms with Crippen LogP contribution in [0.2, 0.25) is 0 Å². The van der Waals surface area contributed by atoms with Crippen LogP contribution in [0.15, 0.2) is 83.8 Å². The summed E-state index contributed by atoms with van der Waals surface area (Å²) in [6.45, 7) is 3.81. The van der Waals surface area contributed by atoms with Crippen LogP contribution in [0.3, 0.4) is 0 Å². The number of aliphatic hydroxyl groups is 2. The van der Waals surface area contributed by atoms with E-state index in [1.807, 2.05) is 18.2 Å². The van der Waals surface area contributed by atoms with Crippen LogP contribution in [0.1, 0.15) is 127 Å². The zero-order valence-electron chi connectivity index (χ0n) is 34.9. The highest BCUT2D eigenvalue weighted by Crippen LogP contribution is 2.39. The summed E-state index contributed by atoms with van der Waals surface area (Å²) >= 11 is 0. The Balaban J connectivity index is 1.01. The van der Waals surface area contributed by atoms with Gasteiger partial charge < -0.3 is 48.8 Å². The minimum Gasteiger partial charge on any atom is -0.507 e. The normalized spacial score (nSPS) is 28.6. The number of rotatable bonds is 21. The molecule has 11 atom stereocenters. The molecule has 0 amide bonds. The Hall–Kier alpha value is -3.15. The van der Waals surface area contributed by atoms with Crippen molar-refractivity contribution in [1.82, 2.24) is 4.72 Å². The third-order valence-corrected chi connectivity index (χ3v) is 13.1. The SMILES string of the molecule is CCC1CC(CCCC2CC(CC(O)CCCC3CC(CCC[C@H](C)O)OC(CNS(=O)(=O)c4ccccc4)O3)OC(c3ccccc3O)O2)OC(c2ccccc2O)O1. The number of ether oxygens (including phenoxy) is 6. The molecule has 3 saturated heterocycles. The van der Waals surface area contributed by atoms with E-state index in [1.54, 1.807) is 55.5 Å². The fourth-order valence-corrected chi connectivity index (χ4v) is 9.47. The number of phenols is 2. The summed E-state index contributed by atoms with van der Waals surface area (Å²) < 4.78 is 66.2. The second-order valence-corrected chi connectivity index (χ2v) is 18.3. The van der Waals surface area contributed by atoms with Crippen molar-refractivity contribution in [3.63, 3.8) is 0 Å². The van der Waals surface area contributed by atoms with Crippen LogP contribution in [0.5, 0.6) is 11.5 Å². The van der Waals surface area contributed by atoms with Gasteiger partial charge in [0, 0.05) is 30.4 Å². The van der Waals surface area contributed by atoms with Crippen LogP contribution in [0.25, 0.3) is 0 Å². The first kappa shape index (κ1) is 46.4. The van der Waals surface area contributed by atoms with Gasteiger partial charge in [-0.2, -0.15) is 0 Å². The van der Waals surface area contributed by atoms with Crippen molar-refractivity contribution in [2.75, 3.05) is 6.54 Å². The number of benzene rings is 3. The highest BCUT2D eigenvalue weighted by molar-refractivity contribution is 7.89. The number of para-hydroxylation sites is 2. The molecule has 0 saturated carbocycles. The zero-order valence-corrected chi connectivity index (χ0v) is 35.7. The summed E-state index contributed by atoms with van der Waals surface area (Å²) in [6.07, 6.45) is 5.46. The average molecular weight is 856 g/mol. The lowest BCUT2D eigenvalue weighted by Gasteiger charge is -2.38. The first-order valence-electron chi connectivity index (χ1n) is 21.8. The van der Waals surface area contributed by atoms with Gasteiger partial charge in [0.25, 0.3) is 0 Å². The molecule has 3 heterocycles. The van der Waals surface area contributed by atoms with Crippen molar-refractivity contribution < 1.29 is 57.3 Å². The topological polar surface area (TPSA) is 182 Å². The quantitative estimate of drug-likeness (QED) is 0.0706. The van der Waals surface area contributed by atoms with Crippen LogP contribution < -0.4 is 4.72 Å². The van der Waals surface area contributed by atoms with E-state index in [9.17, 15) is 28.8 Å². The maximum atomic E-state index is 12.9. The lowest BCUT2D eigenvalue weighted by molar-refractivity contribution is -0.257. The molecule has 60 heavy (non-hydrogen) atoms. The van der Waals surface area contributed by atoms with Crippen molar-refractivity contribution in [2.24, 2.45) is 0 Å². The van der Waals surface area contributed by atoms with E-state index < -0.39 is 41.1 Å². The molecule has 0 aromatic heterocycles. The Morgan fingerprint density at radius 3 is 1.65 bits per heavy atom. The second-order valence-electron chi connectivity index (χ2n) is 16.6. The summed E-state index contributed by atoms with van der Waals surface area (Å²) in [7, 11) is -3.75. The predicted octanol–water partition coefficient (Wildman–Crippen LogP) is 7.67. The Bertz CT molecular complexity index is 1830. The molecule has 3 fully saturated rings. The minimum absolute atomic E-state index is 0.0198. The van der Waals surface area contributed by atoms with Crippen molar-refractivity contribution in [3.8, 4) is 11.5 Å². The highest BCUT2D eigenvalue weighted by Gasteiger charge is 2.36. The molecule has 3 aromatic rings. The summed E-state index contributed by atoms with van der Waals surface area (Å²) in [4.78, 5) is 0.168. The zero-order chi connectivity index (χ0) is 42.5. The highest BCUT2D eigenvalue weighted by atomic mass is 32.2. The van der Waals surface area contributed by atoms with E-state index in [0.717, 1.165) is 44.9 Å². The standard InChI is InChI=1S/C46H65NO12S/c1-3-33-27-36(57-45(56-33)40-22-7-9-24-42(40)50)18-13-19-37-29-38(59-46(58-37)41-23-8-10-25-43(41)51)26-32(49)15-12-17-35-28-34(16-11-14-31(2)48)54-44(55-35)30-47-60(52,53)39-20-5-4-6-21-39/h4-10,20-25,31-38,44-51H,3,11-19,26-30H2,1-2H3/t31-,32?,33?,34?,35?,36?,37?,38?,44?,45?,46?/m0/s1. The predicted molar refractivity (Wildman–Crippen MR) is 224 cm³/mol. The molecule has 6 rings (SSSR count). The molecule has 3 aromatic carbocycles. The molecule has 0 bridgehead atoms. The summed E-state index contributed by atoms with van der Waals surface area (Å²) in [5.74, 6) is 0.240. The third kappa shape index (κ3) is 13.9. The van der Waals surface area contributed by atoms with Gasteiger partial charge in [-0.3, -0.25) is 0 Å². The average Bonchev–Trinajstić information content (AvgIpc) is 3.23. The molecule has 3 aliphatic heterocycles. The minimum atomic E-state index is -3.75. The van der Waals surface area contributed by atoms with Crippen molar-refractivity contribution in [3.05, 3.63) is 90.0 Å². The van der Waals surface area contributed by atoms with Crippen molar-refractivity contribution in [2.45, 2.75) is 176 Å². The monoisotopic (exact) mass is 855 g/mol. The number of aliphatic hydroxyl groups excluding tert-OH is 2. The van der Waals surface area contributed by atoms with E-state index in [0.29, 0.717) is 56.1 Å². The summed E-state index contributed by atoms with van der Waals surface area (Å²) in [6, 6.07) is 22.3. The lowest BCUT2D eigenvalue weighted by atomic mass is 9.95. The number of phenolic OH excluding ortho intramolecular Hbond substituents is 2. The van der Waals surface area contributed by atoms with E-state index >= 15 is 0 Å². The molecule has 0 aliphatic carbocycles. The first-order chi connectivity index (χ1) is 28.9. The van der Waals surface area contributed by atoms with Gasteiger partial charge in [-0.15, -0.1) is 0 Å². The van der Waals surface area contributed by atoms with Gasteiger partial charge in [0.1, 0.15) is 11.5 Å². The molecule has 14 heteroatoms. The van der Waals surface area contributed by atoms with Gasteiger partial charge in [-0.25, -0.2) is 13.1 Å². The Kier molecular flexibility index (Phi) is 17.6. The fourth-order valence-electron chi connectivity index (χ4n) is 8.44. The molecular formula is C46H65NO12S. The van der Waals surface area contributed by atoms with Gasteiger partial charge in [-0.1, -0.05) is 61.5 Å². The van der Waals surface area contributed by atoms with E-state index in [4.69, 9.17) is 28.4 Å². The van der Waals surface area contributed by atoms with Crippen LogP contribution in [-0.2, 0) is 38.4 Å². The smallest absolute Gasteiger partial charge is 0.240 e. The molecule has 3 aliphatic rings. The summed E-state index contributed by atoms with van der Waals surface area (Å²) in [5.41, 5.74) is 1.17. The molecule has 0 spiro atoms.